The van der Waals surface area contributed by atoms with Crippen molar-refractivity contribution in [2.75, 3.05) is 31.1 Å². The van der Waals surface area contributed by atoms with Gasteiger partial charge in [-0.15, -0.1) is 11.3 Å². The Balaban J connectivity index is 1.77. The number of alkyl halides is 3. The van der Waals surface area contributed by atoms with Crippen LogP contribution in [0, 0.1) is 0 Å². The van der Waals surface area contributed by atoms with E-state index in [1.165, 1.54) is 4.90 Å². The van der Waals surface area contributed by atoms with Gasteiger partial charge in [0.1, 0.15) is 0 Å². The lowest BCUT2D eigenvalue weighted by molar-refractivity contribution is -0.150. The van der Waals surface area contributed by atoms with E-state index in [4.69, 9.17) is 0 Å². The maximum absolute atomic E-state index is 12.5. The van der Waals surface area contributed by atoms with Crippen LogP contribution in [0.1, 0.15) is 6.92 Å². The van der Waals surface area contributed by atoms with Gasteiger partial charge in [0.25, 0.3) is 0 Å². The fraction of sp³-hybridized carbons (Fsp3) is 0.500. The van der Waals surface area contributed by atoms with E-state index in [0.717, 1.165) is 15.9 Å². The minimum absolute atomic E-state index is 0.122. The van der Waals surface area contributed by atoms with Crippen LogP contribution in [-0.2, 0) is 0 Å². The fourth-order valence-electron chi connectivity index (χ4n) is 2.79. The van der Waals surface area contributed by atoms with Crippen molar-refractivity contribution in [1.82, 2.24) is 9.88 Å². The Labute approximate surface area is 125 Å². The summed E-state index contributed by atoms with van der Waals surface area (Å²) < 4.78 is 38.7. The van der Waals surface area contributed by atoms with Gasteiger partial charge in [0.2, 0.25) is 0 Å². The standard InChI is InChI=1S/C14H16F3N3S/c1-10-8-19(5-6-20(10)9-14(15,16)17)12-2-4-18-11-3-7-21-13(11)12/h2-4,7,10H,5-6,8-9H2,1H3. The first-order valence-electron chi connectivity index (χ1n) is 6.82. The molecule has 0 radical (unpaired) electrons. The Morgan fingerprint density at radius 2 is 2.14 bits per heavy atom. The summed E-state index contributed by atoms with van der Waals surface area (Å²) in [5.74, 6) is 0. The largest absolute Gasteiger partial charge is 0.401 e. The summed E-state index contributed by atoms with van der Waals surface area (Å²) >= 11 is 1.62. The molecule has 0 saturated carbocycles. The SMILES string of the molecule is CC1CN(c2ccnc3ccsc23)CCN1CC(F)(F)F. The minimum Gasteiger partial charge on any atom is -0.367 e. The molecule has 7 heteroatoms. The molecular weight excluding hydrogens is 299 g/mol. The second-order valence-corrected chi connectivity index (χ2v) is 6.26. The van der Waals surface area contributed by atoms with Gasteiger partial charge in [0.05, 0.1) is 22.4 Å². The molecule has 3 nitrogen and oxygen atoms in total. The molecule has 21 heavy (non-hydrogen) atoms. The van der Waals surface area contributed by atoms with Crippen molar-refractivity contribution >= 4 is 27.2 Å². The summed E-state index contributed by atoms with van der Waals surface area (Å²) in [5.41, 5.74) is 2.02. The molecule has 114 valence electrons. The number of hydrogen-bond donors (Lipinski definition) is 0. The molecule has 1 aliphatic heterocycles. The Bertz CT molecular complexity index is 625. The van der Waals surface area contributed by atoms with Crippen molar-refractivity contribution in [2.24, 2.45) is 0 Å². The van der Waals surface area contributed by atoms with E-state index < -0.39 is 12.7 Å². The average Bonchev–Trinajstić information content (AvgIpc) is 2.88. The van der Waals surface area contributed by atoms with Crippen molar-refractivity contribution in [3.63, 3.8) is 0 Å². The summed E-state index contributed by atoms with van der Waals surface area (Å²) in [5, 5.41) is 1.99. The van der Waals surface area contributed by atoms with E-state index >= 15 is 0 Å². The maximum Gasteiger partial charge on any atom is 0.401 e. The lowest BCUT2D eigenvalue weighted by Crippen LogP contribution is -2.54. The molecule has 0 aromatic carbocycles. The lowest BCUT2D eigenvalue weighted by atomic mass is 10.1. The van der Waals surface area contributed by atoms with Gasteiger partial charge in [-0.1, -0.05) is 0 Å². The number of piperazine rings is 1. The maximum atomic E-state index is 12.5. The van der Waals surface area contributed by atoms with E-state index in [1.807, 2.05) is 24.4 Å². The van der Waals surface area contributed by atoms with Gasteiger partial charge in [-0.25, -0.2) is 0 Å². The van der Waals surface area contributed by atoms with Gasteiger partial charge in [0.15, 0.2) is 0 Å². The van der Waals surface area contributed by atoms with E-state index in [9.17, 15) is 13.2 Å². The number of rotatable bonds is 2. The monoisotopic (exact) mass is 315 g/mol. The van der Waals surface area contributed by atoms with Crippen LogP contribution < -0.4 is 4.90 Å². The highest BCUT2D eigenvalue weighted by molar-refractivity contribution is 7.17. The smallest absolute Gasteiger partial charge is 0.367 e. The molecule has 1 saturated heterocycles. The zero-order valence-electron chi connectivity index (χ0n) is 11.6. The first-order valence-corrected chi connectivity index (χ1v) is 7.70. The van der Waals surface area contributed by atoms with Gasteiger partial charge < -0.3 is 4.90 Å². The first-order chi connectivity index (χ1) is 9.94. The number of aromatic nitrogens is 1. The first kappa shape index (κ1) is 14.6. The molecule has 0 aliphatic carbocycles. The van der Waals surface area contributed by atoms with Gasteiger partial charge >= 0.3 is 6.18 Å². The van der Waals surface area contributed by atoms with Crippen LogP contribution in [0.2, 0.25) is 0 Å². The van der Waals surface area contributed by atoms with Crippen molar-refractivity contribution in [3.8, 4) is 0 Å². The molecule has 2 aromatic heterocycles. The Morgan fingerprint density at radius 3 is 2.86 bits per heavy atom. The van der Waals surface area contributed by atoms with Crippen LogP contribution in [0.3, 0.4) is 0 Å². The van der Waals surface area contributed by atoms with Crippen molar-refractivity contribution in [3.05, 3.63) is 23.7 Å². The summed E-state index contributed by atoms with van der Waals surface area (Å²) in [4.78, 5) is 7.97. The topological polar surface area (TPSA) is 19.4 Å². The summed E-state index contributed by atoms with van der Waals surface area (Å²) in [6, 6.07) is 3.79. The molecule has 0 spiro atoms. The molecule has 1 atom stereocenters. The Hall–Kier alpha value is -1.34. The van der Waals surface area contributed by atoms with Crippen LogP contribution in [0.25, 0.3) is 10.2 Å². The van der Waals surface area contributed by atoms with Crippen molar-refractivity contribution < 1.29 is 13.2 Å². The fourth-order valence-corrected chi connectivity index (χ4v) is 3.68. The third-order valence-electron chi connectivity index (χ3n) is 3.81. The Morgan fingerprint density at radius 1 is 1.33 bits per heavy atom. The highest BCUT2D eigenvalue weighted by Gasteiger charge is 2.35. The molecule has 0 bridgehead atoms. The number of anilines is 1. The molecule has 1 fully saturated rings. The van der Waals surface area contributed by atoms with Crippen LogP contribution in [0.5, 0.6) is 0 Å². The molecule has 0 amide bonds. The highest BCUT2D eigenvalue weighted by atomic mass is 32.1. The third-order valence-corrected chi connectivity index (χ3v) is 4.74. The predicted molar refractivity (Wildman–Crippen MR) is 78.9 cm³/mol. The number of halogens is 3. The van der Waals surface area contributed by atoms with Crippen LogP contribution in [-0.4, -0.2) is 48.3 Å². The van der Waals surface area contributed by atoms with Gasteiger partial charge in [-0.05, 0) is 24.4 Å². The summed E-state index contributed by atoms with van der Waals surface area (Å²) in [6.07, 6.45) is -2.37. The predicted octanol–water partition coefficient (Wildman–Crippen LogP) is 3.37. The molecule has 3 rings (SSSR count). The summed E-state index contributed by atoms with van der Waals surface area (Å²) in [7, 11) is 0. The molecule has 0 N–H and O–H groups in total. The van der Waals surface area contributed by atoms with E-state index in [-0.39, 0.29) is 6.04 Å². The van der Waals surface area contributed by atoms with Crippen molar-refractivity contribution in [1.29, 1.82) is 0 Å². The Kier molecular flexibility index (Phi) is 3.79. The van der Waals surface area contributed by atoms with Gasteiger partial charge in [-0.3, -0.25) is 9.88 Å². The molecule has 3 heterocycles. The van der Waals surface area contributed by atoms with Crippen molar-refractivity contribution in [2.45, 2.75) is 19.1 Å². The zero-order chi connectivity index (χ0) is 15.0. The van der Waals surface area contributed by atoms with Crippen LogP contribution in [0.4, 0.5) is 18.9 Å². The number of pyridine rings is 1. The van der Waals surface area contributed by atoms with Crippen LogP contribution >= 0.6 is 11.3 Å². The number of hydrogen-bond acceptors (Lipinski definition) is 4. The number of nitrogens with zero attached hydrogens (tertiary/aromatic N) is 3. The molecule has 2 aromatic rings. The minimum atomic E-state index is -4.13. The van der Waals surface area contributed by atoms with E-state index in [2.05, 4.69) is 9.88 Å². The number of thiophene rings is 1. The van der Waals surface area contributed by atoms with Crippen LogP contribution in [0.15, 0.2) is 23.7 Å². The zero-order valence-corrected chi connectivity index (χ0v) is 12.4. The summed E-state index contributed by atoms with van der Waals surface area (Å²) in [6.45, 7) is 2.66. The molecular formula is C14H16F3N3S. The third kappa shape index (κ3) is 3.13. The number of fused-ring (bicyclic) bond motifs is 1. The quantitative estimate of drug-likeness (QED) is 0.847. The molecule has 1 aliphatic rings. The second-order valence-electron chi connectivity index (χ2n) is 5.35. The highest BCUT2D eigenvalue weighted by Crippen LogP contribution is 2.31. The lowest BCUT2D eigenvalue weighted by Gasteiger charge is -2.41. The van der Waals surface area contributed by atoms with Gasteiger partial charge in [0, 0.05) is 31.9 Å². The normalized spacial score (nSPS) is 21.1. The average molecular weight is 315 g/mol. The van der Waals surface area contributed by atoms with E-state index in [0.29, 0.717) is 19.6 Å². The van der Waals surface area contributed by atoms with E-state index in [1.54, 1.807) is 17.5 Å². The molecule has 1 unspecified atom stereocenters. The second kappa shape index (κ2) is 5.46. The van der Waals surface area contributed by atoms with Gasteiger partial charge in [-0.2, -0.15) is 13.2 Å².